The Kier molecular flexibility index (Phi) is 9.38. The van der Waals surface area contributed by atoms with Crippen LogP contribution in [0.3, 0.4) is 0 Å². The van der Waals surface area contributed by atoms with E-state index in [0.717, 1.165) is 31.1 Å². The molecule has 1 aromatic rings. The van der Waals surface area contributed by atoms with Gasteiger partial charge in [-0.2, -0.15) is 9.79 Å². The first kappa shape index (κ1) is 23.6. The van der Waals surface area contributed by atoms with Crippen molar-refractivity contribution in [2.24, 2.45) is 0 Å². The highest BCUT2D eigenvalue weighted by atomic mass is 32.2. The second-order valence-electron chi connectivity index (χ2n) is 7.01. The van der Waals surface area contributed by atoms with Crippen molar-refractivity contribution in [2.75, 3.05) is 63.6 Å². The number of ether oxygens (including phenoxy) is 1. The van der Waals surface area contributed by atoms with Gasteiger partial charge in [-0.25, -0.2) is 8.42 Å². The fourth-order valence-electron chi connectivity index (χ4n) is 3.34. The summed E-state index contributed by atoms with van der Waals surface area (Å²) in [6.45, 7) is 8.84. The smallest absolute Gasteiger partial charge is 0.216 e. The van der Waals surface area contributed by atoms with Crippen molar-refractivity contribution >= 4 is 15.7 Å². The molecule has 1 saturated heterocycles. The Bertz CT molecular complexity index is 727. The molecule has 9 heteroatoms. The second kappa shape index (κ2) is 11.5. The van der Waals surface area contributed by atoms with Gasteiger partial charge in [0.05, 0.1) is 18.9 Å². The molecule has 0 aliphatic carbocycles. The highest BCUT2D eigenvalue weighted by Gasteiger charge is 2.29. The number of hydroxylamine groups is 1. The number of hydrogen-bond donors (Lipinski definition) is 2. The van der Waals surface area contributed by atoms with E-state index in [4.69, 9.17) is 4.74 Å². The minimum atomic E-state index is -3.47. The van der Waals surface area contributed by atoms with Crippen molar-refractivity contribution in [3.05, 3.63) is 36.4 Å². The Morgan fingerprint density at radius 3 is 2.31 bits per heavy atom. The molecule has 164 valence electrons. The van der Waals surface area contributed by atoms with E-state index in [1.54, 1.807) is 13.2 Å². The third kappa shape index (κ3) is 6.97. The van der Waals surface area contributed by atoms with Gasteiger partial charge < -0.3 is 19.7 Å². The van der Waals surface area contributed by atoms with Crippen LogP contribution in [0.15, 0.2) is 36.4 Å². The molecule has 2 rings (SSSR count). The lowest BCUT2D eigenvalue weighted by Crippen LogP contribution is -2.51. The number of benzene rings is 1. The Hall–Kier alpha value is -1.65. The minimum absolute atomic E-state index is 0.166. The molecule has 1 aliphatic heterocycles. The van der Waals surface area contributed by atoms with E-state index < -0.39 is 16.1 Å². The highest BCUT2D eigenvalue weighted by Crippen LogP contribution is 2.21. The summed E-state index contributed by atoms with van der Waals surface area (Å²) in [6.07, 6.45) is 3.63. The first-order valence-corrected chi connectivity index (χ1v) is 11.7. The van der Waals surface area contributed by atoms with Crippen LogP contribution in [-0.2, 0) is 10.0 Å². The lowest BCUT2D eigenvalue weighted by Gasteiger charge is -2.35. The number of methoxy groups -OCH3 is 1. The van der Waals surface area contributed by atoms with Crippen molar-refractivity contribution in [1.82, 2.24) is 14.7 Å². The molecule has 1 heterocycles. The second-order valence-corrected chi connectivity index (χ2v) is 9.03. The summed E-state index contributed by atoms with van der Waals surface area (Å²) in [7, 11) is -1.84. The average Bonchev–Trinajstić information content (AvgIpc) is 2.76. The summed E-state index contributed by atoms with van der Waals surface area (Å²) in [5.74, 6) is 0.632. The molecule has 0 aromatic heterocycles. The number of anilines is 1. The molecule has 0 spiro atoms. The molecule has 1 fully saturated rings. The van der Waals surface area contributed by atoms with Gasteiger partial charge in [0.1, 0.15) is 5.75 Å². The fraction of sp³-hybridized carbons (Fsp3) is 0.600. The van der Waals surface area contributed by atoms with Crippen LogP contribution in [0.1, 0.15) is 13.8 Å². The lowest BCUT2D eigenvalue weighted by atomic mass is 10.2. The predicted molar refractivity (Wildman–Crippen MR) is 116 cm³/mol. The van der Waals surface area contributed by atoms with E-state index in [9.17, 15) is 13.6 Å². The number of hydrogen-bond acceptors (Lipinski definition) is 7. The van der Waals surface area contributed by atoms with Gasteiger partial charge in [-0.3, -0.25) is 0 Å². The third-order valence-corrected chi connectivity index (χ3v) is 7.18. The van der Waals surface area contributed by atoms with Gasteiger partial charge in [0.15, 0.2) is 0 Å². The van der Waals surface area contributed by atoms with Crippen LogP contribution in [0, 0.1) is 0 Å². The number of nitrogens with zero attached hydrogens (tertiary/aromatic N) is 3. The largest absolute Gasteiger partial charge is 0.497 e. The van der Waals surface area contributed by atoms with Gasteiger partial charge in [0.2, 0.25) is 10.0 Å². The maximum atomic E-state index is 12.8. The molecular weight excluding hydrogens is 392 g/mol. The molecule has 0 amide bonds. The van der Waals surface area contributed by atoms with Gasteiger partial charge in [0, 0.05) is 38.4 Å². The van der Waals surface area contributed by atoms with Gasteiger partial charge >= 0.3 is 0 Å². The van der Waals surface area contributed by atoms with Crippen molar-refractivity contribution in [3.63, 3.8) is 0 Å². The maximum Gasteiger partial charge on any atom is 0.216 e. The number of likely N-dealkylation sites (N-methyl/N-ethyl adjacent to an activating group) is 1. The van der Waals surface area contributed by atoms with Crippen LogP contribution in [0.5, 0.6) is 5.75 Å². The summed E-state index contributed by atoms with van der Waals surface area (Å²) in [4.78, 5) is 4.37. The van der Waals surface area contributed by atoms with Crippen molar-refractivity contribution in [1.29, 1.82) is 0 Å². The van der Waals surface area contributed by atoms with E-state index >= 15 is 0 Å². The summed E-state index contributed by atoms with van der Waals surface area (Å²) in [6, 6.07) is 7.14. The fourth-order valence-corrected chi connectivity index (χ4v) is 4.91. The predicted octanol–water partition coefficient (Wildman–Crippen LogP) is 1.39. The summed E-state index contributed by atoms with van der Waals surface area (Å²) < 4.78 is 32.3. The summed E-state index contributed by atoms with van der Waals surface area (Å²) >= 11 is 0. The van der Waals surface area contributed by atoms with Crippen LogP contribution < -0.4 is 15.1 Å². The van der Waals surface area contributed by atoms with E-state index in [-0.39, 0.29) is 5.75 Å². The van der Waals surface area contributed by atoms with Crippen LogP contribution in [0.4, 0.5) is 5.69 Å². The monoisotopic (exact) mass is 426 g/mol. The van der Waals surface area contributed by atoms with Crippen LogP contribution >= 0.6 is 0 Å². The zero-order valence-electron chi connectivity index (χ0n) is 17.6. The van der Waals surface area contributed by atoms with Crippen molar-refractivity contribution in [2.45, 2.75) is 19.9 Å². The molecule has 0 bridgehead atoms. The molecule has 1 aliphatic rings. The molecule has 1 aromatic carbocycles. The quantitative estimate of drug-likeness (QED) is 0.409. The van der Waals surface area contributed by atoms with E-state index in [1.165, 1.54) is 4.31 Å². The zero-order valence-corrected chi connectivity index (χ0v) is 18.4. The molecular formula is C20H34N4O4S. The number of nitrogens with one attached hydrogen (secondary N) is 1. The van der Waals surface area contributed by atoms with E-state index in [1.807, 2.05) is 30.3 Å². The molecule has 0 saturated carbocycles. The van der Waals surface area contributed by atoms with Crippen LogP contribution in [-0.4, -0.2) is 87.5 Å². The summed E-state index contributed by atoms with van der Waals surface area (Å²) in [5.41, 5.74) is 3.17. The first-order chi connectivity index (χ1) is 13.9. The molecule has 8 nitrogen and oxygen atoms in total. The van der Waals surface area contributed by atoms with Crippen LogP contribution in [0.25, 0.3) is 0 Å². The minimum Gasteiger partial charge on any atom is -0.497 e. The molecule has 2 N–H and O–H groups in total. The first-order valence-electron chi connectivity index (χ1n) is 10.1. The standard InChI is InChI=1S/C20H34N4O4S/c1-4-22(5-2)12-6-7-18(21-25)17-29(26,27)24-15-13-23(14-16-24)19-8-10-20(28-3)11-9-19/h6-11,18,21,25H,4-5,12-17H2,1-3H3. The topological polar surface area (TPSA) is 85.4 Å². The van der Waals surface area contributed by atoms with Crippen molar-refractivity contribution in [3.8, 4) is 5.75 Å². The van der Waals surface area contributed by atoms with Gasteiger partial charge in [0.25, 0.3) is 0 Å². The number of rotatable bonds is 11. The third-order valence-electron chi connectivity index (χ3n) is 5.25. The van der Waals surface area contributed by atoms with E-state index in [2.05, 4.69) is 29.1 Å². The normalized spacial score (nSPS) is 17.2. The highest BCUT2D eigenvalue weighted by molar-refractivity contribution is 7.89. The number of sulfonamides is 1. The molecule has 0 radical (unpaired) electrons. The molecule has 29 heavy (non-hydrogen) atoms. The maximum absolute atomic E-state index is 12.8. The van der Waals surface area contributed by atoms with Gasteiger partial charge in [-0.1, -0.05) is 26.0 Å². The number of piperazine rings is 1. The Labute approximate surface area is 174 Å². The Morgan fingerprint density at radius 2 is 1.79 bits per heavy atom. The Morgan fingerprint density at radius 1 is 1.17 bits per heavy atom. The Balaban J connectivity index is 1.89. The summed E-state index contributed by atoms with van der Waals surface area (Å²) in [5, 5.41) is 9.38. The van der Waals surface area contributed by atoms with Crippen molar-refractivity contribution < 1.29 is 18.4 Å². The van der Waals surface area contributed by atoms with Gasteiger partial charge in [-0.05, 0) is 37.4 Å². The molecule has 1 unspecified atom stereocenters. The average molecular weight is 427 g/mol. The van der Waals surface area contributed by atoms with Gasteiger partial charge in [-0.15, -0.1) is 0 Å². The zero-order chi connectivity index (χ0) is 21.3. The molecule has 1 atom stereocenters. The van der Waals surface area contributed by atoms with Crippen LogP contribution in [0.2, 0.25) is 0 Å². The lowest BCUT2D eigenvalue weighted by molar-refractivity contribution is 0.149. The van der Waals surface area contributed by atoms with E-state index in [0.29, 0.717) is 26.2 Å². The SMILES string of the molecule is CCN(CC)CC=CC(CS(=O)(=O)N1CCN(c2ccc(OC)cc2)CC1)NO.